The average Bonchev–Trinajstić information content (AvgIpc) is 2.97. The number of fused-ring (bicyclic) bond motifs is 1. The maximum Gasteiger partial charge on any atom is 0.248 e. The Bertz CT molecular complexity index is 1020. The topological polar surface area (TPSA) is 85.3 Å². The summed E-state index contributed by atoms with van der Waals surface area (Å²) in [5.41, 5.74) is 8.78. The van der Waals surface area contributed by atoms with E-state index in [1.807, 2.05) is 31.2 Å². The molecule has 0 aliphatic heterocycles. The van der Waals surface area contributed by atoms with Crippen molar-refractivity contribution in [2.75, 3.05) is 5.32 Å². The van der Waals surface area contributed by atoms with E-state index in [-0.39, 0.29) is 5.91 Å². The van der Waals surface area contributed by atoms with Crippen LogP contribution in [0.25, 0.3) is 17.0 Å². The summed E-state index contributed by atoms with van der Waals surface area (Å²) in [6, 6.07) is 12.7. The summed E-state index contributed by atoms with van der Waals surface area (Å²) >= 11 is 0. The fourth-order valence-electron chi connectivity index (χ4n) is 2.92. The predicted molar refractivity (Wildman–Crippen MR) is 103 cm³/mol. The quantitative estimate of drug-likeness (QED) is 0.682. The van der Waals surface area contributed by atoms with Crippen molar-refractivity contribution >= 4 is 34.5 Å². The van der Waals surface area contributed by atoms with E-state index in [1.165, 1.54) is 6.08 Å². The van der Waals surface area contributed by atoms with E-state index < -0.39 is 5.91 Å². The fourth-order valence-corrected chi connectivity index (χ4v) is 2.92. The molecule has 0 atom stereocenters. The number of carbonyl (C=O) groups excluding carboxylic acids is 2. The van der Waals surface area contributed by atoms with E-state index in [0.29, 0.717) is 16.8 Å². The maximum atomic E-state index is 12.3. The van der Waals surface area contributed by atoms with Crippen molar-refractivity contribution in [2.24, 2.45) is 5.73 Å². The second-order valence-electron chi connectivity index (χ2n) is 6.01. The summed E-state index contributed by atoms with van der Waals surface area (Å²) in [7, 11) is 0. The molecule has 0 aliphatic rings. The van der Waals surface area contributed by atoms with Crippen molar-refractivity contribution in [3.63, 3.8) is 0 Å². The molecule has 0 spiro atoms. The molecule has 0 fully saturated rings. The summed E-state index contributed by atoms with van der Waals surface area (Å²) in [5.74, 6) is 0.0969. The van der Waals surface area contributed by atoms with Crippen molar-refractivity contribution in [1.82, 2.24) is 0 Å². The molecule has 3 rings (SSSR count). The van der Waals surface area contributed by atoms with Gasteiger partial charge in [-0.15, -0.1) is 0 Å². The molecule has 0 saturated heterocycles. The first-order valence-electron chi connectivity index (χ1n) is 8.39. The number of benzene rings is 2. The van der Waals surface area contributed by atoms with Crippen molar-refractivity contribution in [3.05, 3.63) is 71.0 Å². The van der Waals surface area contributed by atoms with Gasteiger partial charge in [0.25, 0.3) is 0 Å². The predicted octanol–water partition coefficient (Wildman–Crippen LogP) is 4.05. The minimum atomic E-state index is -0.487. The zero-order chi connectivity index (χ0) is 18.7. The van der Waals surface area contributed by atoms with Crippen LogP contribution in [0.3, 0.4) is 0 Å². The van der Waals surface area contributed by atoms with Gasteiger partial charge in [-0.2, -0.15) is 0 Å². The summed E-state index contributed by atoms with van der Waals surface area (Å²) in [5, 5.41) is 3.77. The number of furan rings is 1. The van der Waals surface area contributed by atoms with Gasteiger partial charge in [0.05, 0.1) is 0 Å². The average molecular weight is 348 g/mol. The van der Waals surface area contributed by atoms with Gasteiger partial charge in [0, 0.05) is 34.7 Å². The Hall–Kier alpha value is -3.34. The Labute approximate surface area is 151 Å². The van der Waals surface area contributed by atoms with Gasteiger partial charge >= 0.3 is 0 Å². The van der Waals surface area contributed by atoms with Crippen LogP contribution < -0.4 is 11.1 Å². The summed E-state index contributed by atoms with van der Waals surface area (Å²) < 4.78 is 5.82. The van der Waals surface area contributed by atoms with Gasteiger partial charge in [-0.1, -0.05) is 25.1 Å². The molecule has 5 nitrogen and oxygen atoms in total. The summed E-state index contributed by atoms with van der Waals surface area (Å²) in [6.07, 6.45) is 3.99. The zero-order valence-corrected chi connectivity index (χ0v) is 14.7. The van der Waals surface area contributed by atoms with Gasteiger partial charge in [-0.3, -0.25) is 9.59 Å². The third-order valence-electron chi connectivity index (χ3n) is 4.19. The number of primary amides is 1. The molecule has 0 saturated carbocycles. The zero-order valence-electron chi connectivity index (χ0n) is 14.7. The van der Waals surface area contributed by atoms with Crippen LogP contribution in [0.5, 0.6) is 0 Å². The molecule has 0 unspecified atom stereocenters. The lowest BCUT2D eigenvalue weighted by Crippen LogP contribution is -2.13. The number of anilines is 1. The van der Waals surface area contributed by atoms with Crippen LogP contribution in [0, 0.1) is 6.92 Å². The lowest BCUT2D eigenvalue weighted by Gasteiger charge is -2.06. The first kappa shape index (κ1) is 17.5. The molecule has 0 radical (unpaired) electrons. The first-order chi connectivity index (χ1) is 12.5. The second-order valence-corrected chi connectivity index (χ2v) is 6.01. The molecule has 5 heteroatoms. The number of carbonyl (C=O) groups is 2. The Morgan fingerprint density at radius 2 is 1.96 bits per heavy atom. The third-order valence-corrected chi connectivity index (χ3v) is 4.19. The van der Waals surface area contributed by atoms with Crippen LogP contribution in [-0.2, 0) is 11.2 Å². The van der Waals surface area contributed by atoms with Crippen LogP contribution in [0.4, 0.5) is 5.69 Å². The largest absolute Gasteiger partial charge is 0.460 e. The number of amides is 2. The van der Waals surface area contributed by atoms with Gasteiger partial charge in [0.2, 0.25) is 11.8 Å². The van der Waals surface area contributed by atoms with Gasteiger partial charge in [0.1, 0.15) is 11.3 Å². The van der Waals surface area contributed by atoms with E-state index in [2.05, 4.69) is 5.32 Å². The number of nitrogens with one attached hydrogen (secondary N) is 1. The van der Waals surface area contributed by atoms with Crippen LogP contribution in [0.2, 0.25) is 0 Å². The number of hydrogen-bond donors (Lipinski definition) is 2. The Balaban J connectivity index is 1.80. The molecule has 3 aromatic rings. The highest BCUT2D eigenvalue weighted by Gasteiger charge is 2.10. The molecule has 26 heavy (non-hydrogen) atoms. The minimum Gasteiger partial charge on any atom is -0.460 e. The molecule has 0 bridgehead atoms. The van der Waals surface area contributed by atoms with E-state index in [4.69, 9.17) is 10.2 Å². The number of para-hydroxylation sites is 1. The summed E-state index contributed by atoms with van der Waals surface area (Å²) in [4.78, 5) is 23.5. The molecule has 1 aromatic heterocycles. The number of aryl methyl sites for hydroxylation is 2. The van der Waals surface area contributed by atoms with E-state index in [0.717, 1.165) is 28.7 Å². The highest BCUT2D eigenvalue weighted by molar-refractivity contribution is 6.04. The lowest BCUT2D eigenvalue weighted by atomic mass is 10.1. The van der Waals surface area contributed by atoms with Gasteiger partial charge in [-0.25, -0.2) is 0 Å². The highest BCUT2D eigenvalue weighted by atomic mass is 16.3. The van der Waals surface area contributed by atoms with E-state index >= 15 is 0 Å². The van der Waals surface area contributed by atoms with Crippen molar-refractivity contribution in [2.45, 2.75) is 20.3 Å². The second kappa shape index (κ2) is 7.27. The standard InChI is InChI=1S/C21H20N2O3/c1-3-18-17(16-6-4-5-7-19(16)26-18)10-11-20(24)23-14-8-9-15(21(22)25)13(2)12-14/h4-12H,3H2,1-2H3,(H2,22,25)(H,23,24)/b11-10+. The number of rotatable bonds is 5. The van der Waals surface area contributed by atoms with Gasteiger partial charge in [-0.05, 0) is 42.8 Å². The van der Waals surface area contributed by atoms with Crippen molar-refractivity contribution in [3.8, 4) is 0 Å². The fraction of sp³-hybridized carbons (Fsp3) is 0.143. The molecule has 132 valence electrons. The molecular formula is C21H20N2O3. The Kier molecular flexibility index (Phi) is 4.89. The van der Waals surface area contributed by atoms with Crippen LogP contribution >= 0.6 is 0 Å². The smallest absolute Gasteiger partial charge is 0.248 e. The molecule has 2 amide bonds. The van der Waals surface area contributed by atoms with E-state index in [9.17, 15) is 9.59 Å². The molecular weight excluding hydrogens is 328 g/mol. The normalized spacial score (nSPS) is 11.2. The summed E-state index contributed by atoms with van der Waals surface area (Å²) in [6.45, 7) is 3.79. The third kappa shape index (κ3) is 3.52. The highest BCUT2D eigenvalue weighted by Crippen LogP contribution is 2.27. The lowest BCUT2D eigenvalue weighted by molar-refractivity contribution is -0.111. The van der Waals surface area contributed by atoms with Crippen molar-refractivity contribution < 1.29 is 14.0 Å². The first-order valence-corrected chi connectivity index (χ1v) is 8.39. The number of hydrogen-bond acceptors (Lipinski definition) is 3. The minimum absolute atomic E-state index is 0.261. The Morgan fingerprint density at radius 3 is 2.65 bits per heavy atom. The van der Waals surface area contributed by atoms with Crippen LogP contribution in [-0.4, -0.2) is 11.8 Å². The van der Waals surface area contributed by atoms with Gasteiger partial charge < -0.3 is 15.5 Å². The van der Waals surface area contributed by atoms with Gasteiger partial charge in [0.15, 0.2) is 0 Å². The van der Waals surface area contributed by atoms with Crippen LogP contribution in [0.15, 0.2) is 53.0 Å². The number of nitrogens with two attached hydrogens (primary N) is 1. The monoisotopic (exact) mass is 348 g/mol. The van der Waals surface area contributed by atoms with Crippen LogP contribution in [0.1, 0.15) is 34.2 Å². The van der Waals surface area contributed by atoms with E-state index in [1.54, 1.807) is 31.2 Å². The molecule has 2 aromatic carbocycles. The SMILES string of the molecule is CCc1oc2ccccc2c1/C=C/C(=O)Nc1ccc(C(N)=O)c(C)c1. The maximum absolute atomic E-state index is 12.3. The molecule has 0 aliphatic carbocycles. The molecule has 3 N–H and O–H groups in total. The van der Waals surface area contributed by atoms with Crippen molar-refractivity contribution in [1.29, 1.82) is 0 Å². The molecule has 1 heterocycles. The Morgan fingerprint density at radius 1 is 1.19 bits per heavy atom.